The normalized spacial score (nSPS) is 11.1. The van der Waals surface area contributed by atoms with Crippen LogP contribution >= 0.6 is 0 Å². The van der Waals surface area contributed by atoms with Crippen molar-refractivity contribution in [3.05, 3.63) is 71.9 Å². The van der Waals surface area contributed by atoms with Crippen LogP contribution in [0.5, 0.6) is 5.75 Å². The van der Waals surface area contributed by atoms with E-state index in [0.29, 0.717) is 5.56 Å². The third kappa shape index (κ3) is 2.72. The van der Waals surface area contributed by atoms with Crippen LogP contribution in [0.15, 0.2) is 60.8 Å². The lowest BCUT2D eigenvalue weighted by Crippen LogP contribution is -1.93. The number of aromatic amines is 1. The Labute approximate surface area is 122 Å². The van der Waals surface area contributed by atoms with Crippen molar-refractivity contribution in [2.45, 2.75) is 0 Å². The van der Waals surface area contributed by atoms with Crippen LogP contribution < -0.4 is 4.74 Å². The smallest absolute Gasteiger partial charge is 0.185 e. The topological polar surface area (TPSA) is 42.1 Å². The van der Waals surface area contributed by atoms with Gasteiger partial charge < -0.3 is 9.72 Å². The number of methoxy groups -OCH3 is 1. The van der Waals surface area contributed by atoms with E-state index in [4.69, 9.17) is 4.74 Å². The lowest BCUT2D eigenvalue weighted by atomic mass is 10.1. The van der Waals surface area contributed by atoms with Crippen molar-refractivity contribution in [2.75, 3.05) is 7.11 Å². The maximum absolute atomic E-state index is 12.1. The second kappa shape index (κ2) is 5.67. The summed E-state index contributed by atoms with van der Waals surface area (Å²) in [5.74, 6) is 0.718. The molecule has 1 heterocycles. The first-order chi connectivity index (χ1) is 10.3. The highest BCUT2D eigenvalue weighted by atomic mass is 16.5. The van der Waals surface area contributed by atoms with Crippen LogP contribution in [0, 0.1) is 0 Å². The van der Waals surface area contributed by atoms with Crippen molar-refractivity contribution in [1.82, 2.24) is 4.98 Å². The number of rotatable bonds is 4. The summed E-state index contributed by atoms with van der Waals surface area (Å²) in [4.78, 5) is 15.3. The molecule has 0 aliphatic rings. The van der Waals surface area contributed by atoms with Crippen molar-refractivity contribution in [3.8, 4) is 5.75 Å². The number of ketones is 1. The number of hydrogen-bond acceptors (Lipinski definition) is 2. The fraction of sp³-hybridized carbons (Fsp3) is 0.0556. The summed E-state index contributed by atoms with van der Waals surface area (Å²) in [5, 5.41) is 1.11. The molecule has 104 valence electrons. The molecule has 1 aromatic heterocycles. The van der Waals surface area contributed by atoms with Crippen molar-refractivity contribution >= 4 is 22.8 Å². The van der Waals surface area contributed by atoms with Gasteiger partial charge in [-0.25, -0.2) is 0 Å². The number of fused-ring (bicyclic) bond motifs is 1. The van der Waals surface area contributed by atoms with E-state index in [0.717, 1.165) is 22.2 Å². The molecular formula is C18H15NO2. The van der Waals surface area contributed by atoms with Crippen molar-refractivity contribution in [3.63, 3.8) is 0 Å². The Bertz CT molecular complexity index is 797. The first-order valence-corrected chi connectivity index (χ1v) is 6.70. The highest BCUT2D eigenvalue weighted by Gasteiger charge is 2.03. The Morgan fingerprint density at radius 2 is 1.86 bits per heavy atom. The predicted octanol–water partition coefficient (Wildman–Crippen LogP) is 4.07. The lowest BCUT2D eigenvalue weighted by molar-refractivity contribution is 0.104. The average molecular weight is 277 g/mol. The van der Waals surface area contributed by atoms with Gasteiger partial charge in [-0.3, -0.25) is 4.79 Å². The van der Waals surface area contributed by atoms with Crippen LogP contribution in [-0.4, -0.2) is 17.9 Å². The third-order valence-corrected chi connectivity index (χ3v) is 3.41. The Morgan fingerprint density at radius 1 is 1.10 bits per heavy atom. The average Bonchev–Trinajstić information content (AvgIpc) is 2.96. The molecule has 0 atom stereocenters. The molecule has 0 unspecified atom stereocenters. The van der Waals surface area contributed by atoms with Crippen LogP contribution in [0.2, 0.25) is 0 Å². The summed E-state index contributed by atoms with van der Waals surface area (Å²) in [6.45, 7) is 0. The predicted molar refractivity (Wildman–Crippen MR) is 84.7 cm³/mol. The van der Waals surface area contributed by atoms with E-state index in [1.165, 1.54) is 0 Å². The van der Waals surface area contributed by atoms with E-state index in [1.54, 1.807) is 37.5 Å². The minimum absolute atomic E-state index is 0.0251. The standard InChI is InChI=1S/C18H15NO2/c1-21-15-9-6-13(7-10-15)18(20)11-8-14-12-19-17-5-3-2-4-16(14)17/h2-12,19H,1H3. The van der Waals surface area contributed by atoms with Gasteiger partial charge in [0.2, 0.25) is 0 Å². The van der Waals surface area contributed by atoms with E-state index >= 15 is 0 Å². The Morgan fingerprint density at radius 3 is 2.62 bits per heavy atom. The number of H-pyrrole nitrogens is 1. The van der Waals surface area contributed by atoms with Crippen LogP contribution in [0.25, 0.3) is 17.0 Å². The van der Waals surface area contributed by atoms with Gasteiger partial charge in [-0.1, -0.05) is 18.2 Å². The zero-order valence-corrected chi connectivity index (χ0v) is 11.7. The number of ether oxygens (including phenoxy) is 1. The molecule has 0 fully saturated rings. The first-order valence-electron chi connectivity index (χ1n) is 6.70. The van der Waals surface area contributed by atoms with Gasteiger partial charge in [-0.05, 0) is 48.0 Å². The second-order valence-electron chi connectivity index (χ2n) is 4.72. The summed E-state index contributed by atoms with van der Waals surface area (Å²) in [7, 11) is 1.60. The highest BCUT2D eigenvalue weighted by molar-refractivity contribution is 6.07. The maximum atomic E-state index is 12.1. The summed E-state index contributed by atoms with van der Waals surface area (Å²) < 4.78 is 5.08. The zero-order chi connectivity index (χ0) is 14.7. The number of para-hydroxylation sites is 1. The molecule has 0 saturated heterocycles. The third-order valence-electron chi connectivity index (χ3n) is 3.41. The number of nitrogens with one attached hydrogen (secondary N) is 1. The van der Waals surface area contributed by atoms with Gasteiger partial charge in [0.25, 0.3) is 0 Å². The maximum Gasteiger partial charge on any atom is 0.185 e. The molecule has 3 heteroatoms. The molecule has 0 aliphatic heterocycles. The molecule has 2 aromatic carbocycles. The molecule has 0 spiro atoms. The summed E-state index contributed by atoms with van der Waals surface area (Å²) >= 11 is 0. The van der Waals surface area contributed by atoms with Gasteiger partial charge in [-0.2, -0.15) is 0 Å². The molecule has 3 aromatic rings. The number of benzene rings is 2. The highest BCUT2D eigenvalue weighted by Crippen LogP contribution is 2.19. The Balaban J connectivity index is 1.83. The number of hydrogen-bond donors (Lipinski definition) is 1. The number of carbonyl (C=O) groups is 1. The van der Waals surface area contributed by atoms with Crippen LogP contribution in [0.3, 0.4) is 0 Å². The largest absolute Gasteiger partial charge is 0.497 e. The van der Waals surface area contributed by atoms with Crippen LogP contribution in [0.1, 0.15) is 15.9 Å². The van der Waals surface area contributed by atoms with Gasteiger partial charge in [0.1, 0.15) is 5.75 Å². The minimum atomic E-state index is -0.0251. The van der Waals surface area contributed by atoms with Crippen molar-refractivity contribution in [1.29, 1.82) is 0 Å². The number of allylic oxidation sites excluding steroid dienone is 1. The minimum Gasteiger partial charge on any atom is -0.497 e. The fourth-order valence-electron chi connectivity index (χ4n) is 2.25. The van der Waals surface area contributed by atoms with Gasteiger partial charge in [0.05, 0.1) is 7.11 Å². The molecule has 0 amide bonds. The Kier molecular flexibility index (Phi) is 3.56. The molecule has 1 N–H and O–H groups in total. The molecule has 0 saturated carbocycles. The molecule has 3 nitrogen and oxygen atoms in total. The lowest BCUT2D eigenvalue weighted by Gasteiger charge is -2.00. The molecule has 0 bridgehead atoms. The van der Waals surface area contributed by atoms with Crippen molar-refractivity contribution in [2.24, 2.45) is 0 Å². The summed E-state index contributed by atoms with van der Waals surface area (Å²) in [6.07, 6.45) is 5.34. The van der Waals surface area contributed by atoms with E-state index < -0.39 is 0 Å². The Hall–Kier alpha value is -2.81. The summed E-state index contributed by atoms with van der Waals surface area (Å²) in [5.41, 5.74) is 2.72. The molecule has 3 rings (SSSR count). The van der Waals surface area contributed by atoms with Crippen LogP contribution in [-0.2, 0) is 0 Å². The number of aromatic nitrogens is 1. The van der Waals surface area contributed by atoms with Gasteiger partial charge in [0, 0.05) is 22.7 Å². The molecule has 0 radical (unpaired) electrons. The van der Waals surface area contributed by atoms with Crippen molar-refractivity contribution < 1.29 is 9.53 Å². The first kappa shape index (κ1) is 13.2. The summed E-state index contributed by atoms with van der Waals surface area (Å²) in [6, 6.07) is 15.1. The molecular weight excluding hydrogens is 262 g/mol. The quantitative estimate of drug-likeness (QED) is 0.577. The van der Waals surface area contributed by atoms with Gasteiger partial charge >= 0.3 is 0 Å². The zero-order valence-electron chi connectivity index (χ0n) is 11.7. The van der Waals surface area contributed by atoms with Crippen LogP contribution in [0.4, 0.5) is 0 Å². The molecule has 0 aliphatic carbocycles. The van der Waals surface area contributed by atoms with Gasteiger partial charge in [-0.15, -0.1) is 0 Å². The monoisotopic (exact) mass is 277 g/mol. The SMILES string of the molecule is COc1ccc(C(=O)C=Cc2c[nH]c3ccccc23)cc1. The second-order valence-corrected chi connectivity index (χ2v) is 4.72. The van der Waals surface area contributed by atoms with E-state index in [-0.39, 0.29) is 5.78 Å². The molecule has 21 heavy (non-hydrogen) atoms. The van der Waals surface area contributed by atoms with E-state index in [2.05, 4.69) is 4.98 Å². The van der Waals surface area contributed by atoms with Gasteiger partial charge in [0.15, 0.2) is 5.78 Å². The van der Waals surface area contributed by atoms with E-state index in [9.17, 15) is 4.79 Å². The number of carbonyl (C=O) groups excluding carboxylic acids is 1. The van der Waals surface area contributed by atoms with E-state index in [1.807, 2.05) is 36.5 Å². The fourth-order valence-corrected chi connectivity index (χ4v) is 2.25.